The van der Waals surface area contributed by atoms with E-state index in [0.717, 1.165) is 25.1 Å². The first-order valence-electron chi connectivity index (χ1n) is 5.59. The highest BCUT2D eigenvalue weighted by Crippen LogP contribution is 2.10. The number of nitrogens with zero attached hydrogens (tertiary/aromatic N) is 2. The van der Waals surface area contributed by atoms with Gasteiger partial charge in [0, 0.05) is 31.9 Å². The molecular weight excluding hydrogens is 224 g/mol. The summed E-state index contributed by atoms with van der Waals surface area (Å²) in [6.45, 7) is 6.29. The zero-order valence-corrected chi connectivity index (χ0v) is 10.6. The van der Waals surface area contributed by atoms with Gasteiger partial charge in [0.15, 0.2) is 0 Å². The lowest BCUT2D eigenvalue weighted by Gasteiger charge is -2.26. The van der Waals surface area contributed by atoms with Crippen molar-refractivity contribution in [2.75, 3.05) is 13.2 Å². The lowest BCUT2D eigenvalue weighted by atomic mass is 10.2. The highest BCUT2D eigenvalue weighted by Gasteiger charge is 2.09. The first-order chi connectivity index (χ1) is 7.63. The van der Waals surface area contributed by atoms with E-state index in [0.29, 0.717) is 11.2 Å². The molecule has 0 aliphatic rings. The van der Waals surface area contributed by atoms with Gasteiger partial charge in [0.2, 0.25) is 0 Å². The van der Waals surface area contributed by atoms with Crippen molar-refractivity contribution in [2.45, 2.75) is 32.9 Å². The summed E-state index contributed by atoms with van der Waals surface area (Å²) < 4.78 is 0. The highest BCUT2D eigenvalue weighted by molar-refractivity contribution is 6.29. The second-order valence-electron chi connectivity index (χ2n) is 4.13. The minimum atomic E-state index is 0.238. The topological polar surface area (TPSA) is 36.4 Å². The second kappa shape index (κ2) is 6.84. The van der Waals surface area contributed by atoms with Gasteiger partial charge >= 0.3 is 0 Å². The third-order valence-electron chi connectivity index (χ3n) is 2.51. The van der Waals surface area contributed by atoms with Gasteiger partial charge in [0.1, 0.15) is 5.15 Å². The molecule has 0 spiro atoms. The number of halogens is 1. The Morgan fingerprint density at radius 2 is 2.19 bits per heavy atom. The van der Waals surface area contributed by atoms with E-state index in [1.54, 1.807) is 12.3 Å². The van der Waals surface area contributed by atoms with E-state index in [4.69, 9.17) is 16.7 Å². The fourth-order valence-corrected chi connectivity index (χ4v) is 1.64. The van der Waals surface area contributed by atoms with Crippen LogP contribution in [0.3, 0.4) is 0 Å². The van der Waals surface area contributed by atoms with Crippen molar-refractivity contribution in [3.05, 3.63) is 29.0 Å². The van der Waals surface area contributed by atoms with E-state index in [2.05, 4.69) is 23.7 Å². The SMILES string of the molecule is CC(C)N(CCCO)Cc1ccc(Cl)nc1. The molecular formula is C12H19ClN2O. The first-order valence-corrected chi connectivity index (χ1v) is 5.96. The van der Waals surface area contributed by atoms with Crippen LogP contribution in [0.5, 0.6) is 0 Å². The summed E-state index contributed by atoms with van der Waals surface area (Å²) in [5, 5.41) is 9.37. The van der Waals surface area contributed by atoms with Crippen molar-refractivity contribution in [3.63, 3.8) is 0 Å². The van der Waals surface area contributed by atoms with Crippen LogP contribution in [0.4, 0.5) is 0 Å². The van der Waals surface area contributed by atoms with Crippen LogP contribution in [0.2, 0.25) is 5.15 Å². The number of hydrogen-bond donors (Lipinski definition) is 1. The monoisotopic (exact) mass is 242 g/mol. The smallest absolute Gasteiger partial charge is 0.129 e. The van der Waals surface area contributed by atoms with Crippen LogP contribution in [0.1, 0.15) is 25.8 Å². The van der Waals surface area contributed by atoms with Crippen LogP contribution in [0.15, 0.2) is 18.3 Å². The lowest BCUT2D eigenvalue weighted by molar-refractivity contribution is 0.184. The van der Waals surface area contributed by atoms with Gasteiger partial charge in [0.05, 0.1) is 0 Å². The van der Waals surface area contributed by atoms with Crippen LogP contribution in [0, 0.1) is 0 Å². The minimum Gasteiger partial charge on any atom is -0.396 e. The zero-order chi connectivity index (χ0) is 12.0. The van der Waals surface area contributed by atoms with E-state index in [1.807, 2.05) is 6.07 Å². The Bertz CT molecular complexity index is 300. The van der Waals surface area contributed by atoms with E-state index in [-0.39, 0.29) is 6.61 Å². The molecule has 0 amide bonds. The third kappa shape index (κ3) is 4.47. The van der Waals surface area contributed by atoms with E-state index in [9.17, 15) is 0 Å². The number of aromatic nitrogens is 1. The van der Waals surface area contributed by atoms with Crippen molar-refractivity contribution in [2.24, 2.45) is 0 Å². The molecule has 90 valence electrons. The Balaban J connectivity index is 2.57. The molecule has 1 heterocycles. The van der Waals surface area contributed by atoms with Gasteiger partial charge < -0.3 is 5.11 Å². The Morgan fingerprint density at radius 1 is 1.44 bits per heavy atom. The summed E-state index contributed by atoms with van der Waals surface area (Å²) in [4.78, 5) is 6.37. The predicted octanol–water partition coefficient (Wildman–Crippen LogP) is 2.33. The molecule has 0 bridgehead atoms. The molecule has 3 nitrogen and oxygen atoms in total. The summed E-state index contributed by atoms with van der Waals surface area (Å²) in [6, 6.07) is 4.26. The number of aliphatic hydroxyl groups is 1. The first kappa shape index (κ1) is 13.4. The molecule has 0 saturated heterocycles. The third-order valence-corrected chi connectivity index (χ3v) is 2.73. The zero-order valence-electron chi connectivity index (χ0n) is 9.86. The number of hydrogen-bond acceptors (Lipinski definition) is 3. The molecule has 0 atom stereocenters. The maximum absolute atomic E-state index is 8.84. The van der Waals surface area contributed by atoms with Crippen LogP contribution in [0.25, 0.3) is 0 Å². The van der Waals surface area contributed by atoms with E-state index in [1.165, 1.54) is 0 Å². The molecule has 1 rings (SSSR count). The van der Waals surface area contributed by atoms with Gasteiger partial charge in [0.25, 0.3) is 0 Å². The highest BCUT2D eigenvalue weighted by atomic mass is 35.5. The molecule has 0 unspecified atom stereocenters. The second-order valence-corrected chi connectivity index (χ2v) is 4.52. The van der Waals surface area contributed by atoms with Gasteiger partial charge in [-0.3, -0.25) is 4.90 Å². The fourth-order valence-electron chi connectivity index (χ4n) is 1.53. The van der Waals surface area contributed by atoms with Crippen molar-refractivity contribution in [1.82, 2.24) is 9.88 Å². The molecule has 0 aromatic carbocycles. The maximum Gasteiger partial charge on any atom is 0.129 e. The number of rotatable bonds is 6. The summed E-state index contributed by atoms with van der Waals surface area (Å²) in [5.74, 6) is 0. The molecule has 0 radical (unpaired) electrons. The molecule has 16 heavy (non-hydrogen) atoms. The van der Waals surface area contributed by atoms with Crippen LogP contribution in [-0.4, -0.2) is 34.2 Å². The van der Waals surface area contributed by atoms with Gasteiger partial charge in [-0.1, -0.05) is 17.7 Å². The molecule has 0 aliphatic carbocycles. The predicted molar refractivity (Wildman–Crippen MR) is 66.5 cm³/mol. The van der Waals surface area contributed by atoms with Gasteiger partial charge in [-0.2, -0.15) is 0 Å². The van der Waals surface area contributed by atoms with E-state index >= 15 is 0 Å². The Kier molecular flexibility index (Phi) is 5.74. The molecule has 1 N–H and O–H groups in total. The Hall–Kier alpha value is -0.640. The number of aliphatic hydroxyl groups excluding tert-OH is 1. The van der Waals surface area contributed by atoms with Crippen molar-refractivity contribution < 1.29 is 5.11 Å². The van der Waals surface area contributed by atoms with Crippen molar-refractivity contribution in [3.8, 4) is 0 Å². The largest absolute Gasteiger partial charge is 0.396 e. The Labute approximate surface area is 102 Å². The average Bonchev–Trinajstić information content (AvgIpc) is 2.26. The maximum atomic E-state index is 8.84. The molecule has 0 fully saturated rings. The molecule has 4 heteroatoms. The van der Waals surface area contributed by atoms with Gasteiger partial charge in [-0.15, -0.1) is 0 Å². The summed E-state index contributed by atoms with van der Waals surface area (Å²) in [7, 11) is 0. The number of pyridine rings is 1. The van der Waals surface area contributed by atoms with Crippen LogP contribution in [-0.2, 0) is 6.54 Å². The average molecular weight is 243 g/mol. The summed E-state index contributed by atoms with van der Waals surface area (Å²) in [6.07, 6.45) is 2.61. The standard InChI is InChI=1S/C12H19ClN2O/c1-10(2)15(6-3-7-16)9-11-4-5-12(13)14-8-11/h4-5,8,10,16H,3,6-7,9H2,1-2H3. The van der Waals surface area contributed by atoms with Gasteiger partial charge in [-0.05, 0) is 31.9 Å². The van der Waals surface area contributed by atoms with E-state index < -0.39 is 0 Å². The van der Waals surface area contributed by atoms with Crippen LogP contribution < -0.4 is 0 Å². The normalized spacial score (nSPS) is 11.4. The quantitative estimate of drug-likeness (QED) is 0.778. The molecule has 1 aromatic heterocycles. The summed E-state index contributed by atoms with van der Waals surface area (Å²) >= 11 is 5.74. The van der Waals surface area contributed by atoms with Crippen molar-refractivity contribution in [1.29, 1.82) is 0 Å². The van der Waals surface area contributed by atoms with Crippen molar-refractivity contribution >= 4 is 11.6 Å². The fraction of sp³-hybridized carbons (Fsp3) is 0.583. The van der Waals surface area contributed by atoms with Crippen LogP contribution >= 0.6 is 11.6 Å². The lowest BCUT2D eigenvalue weighted by Crippen LogP contribution is -2.31. The molecule has 1 aromatic rings. The molecule has 0 saturated carbocycles. The summed E-state index contributed by atoms with van der Waals surface area (Å²) in [5.41, 5.74) is 1.15. The minimum absolute atomic E-state index is 0.238. The van der Waals surface area contributed by atoms with Gasteiger partial charge in [-0.25, -0.2) is 4.98 Å². The molecule has 0 aliphatic heterocycles. The Morgan fingerprint density at radius 3 is 2.69 bits per heavy atom.